The van der Waals surface area contributed by atoms with Gasteiger partial charge in [-0.2, -0.15) is 0 Å². The van der Waals surface area contributed by atoms with Crippen LogP contribution in [0.4, 0.5) is 0 Å². The molecule has 0 saturated heterocycles. The van der Waals surface area contributed by atoms with Gasteiger partial charge >= 0.3 is 0 Å². The summed E-state index contributed by atoms with van der Waals surface area (Å²) in [7, 11) is 0. The highest BCUT2D eigenvalue weighted by molar-refractivity contribution is 5.77. The van der Waals surface area contributed by atoms with Gasteiger partial charge in [0.25, 0.3) is 0 Å². The maximum absolute atomic E-state index is 10.9. The number of rotatable bonds is 4. The van der Waals surface area contributed by atoms with Crippen LogP contribution in [0.3, 0.4) is 0 Å². The van der Waals surface area contributed by atoms with Gasteiger partial charge in [-0.1, -0.05) is 13.8 Å². The lowest BCUT2D eigenvalue weighted by atomic mass is 10.1. The average molecular weight is 145 g/mol. The predicted octanol–water partition coefficient (Wildman–Crippen LogP) is 1.10. The quantitative estimate of drug-likeness (QED) is 0.601. The molecule has 1 atom stereocenters. The van der Waals surface area contributed by atoms with Crippen molar-refractivity contribution >= 4 is 5.91 Å². The molecule has 0 saturated carbocycles. The van der Waals surface area contributed by atoms with E-state index in [0.29, 0.717) is 6.61 Å². The Balaban J connectivity index is 3.42. The van der Waals surface area contributed by atoms with E-state index in [4.69, 9.17) is 4.84 Å². The summed E-state index contributed by atoms with van der Waals surface area (Å²) in [4.78, 5) is 15.6. The van der Waals surface area contributed by atoms with Gasteiger partial charge in [-0.05, 0) is 13.3 Å². The van der Waals surface area contributed by atoms with Crippen LogP contribution in [0.25, 0.3) is 0 Å². The lowest BCUT2D eigenvalue weighted by Gasteiger charge is -2.07. The lowest BCUT2D eigenvalue weighted by molar-refractivity contribution is -0.136. The van der Waals surface area contributed by atoms with Crippen molar-refractivity contribution < 1.29 is 9.63 Å². The summed E-state index contributed by atoms with van der Waals surface area (Å²) in [6.07, 6.45) is 0.846. The van der Waals surface area contributed by atoms with E-state index in [0.717, 1.165) is 6.42 Å². The first kappa shape index (κ1) is 9.43. The minimum atomic E-state index is -0.0376. The fourth-order valence-corrected chi connectivity index (χ4v) is 0.429. The first-order valence-corrected chi connectivity index (χ1v) is 3.64. The van der Waals surface area contributed by atoms with E-state index >= 15 is 0 Å². The number of hydrogen-bond donors (Lipinski definition) is 1. The summed E-state index contributed by atoms with van der Waals surface area (Å²) in [6, 6.07) is 0. The fourth-order valence-electron chi connectivity index (χ4n) is 0.429. The van der Waals surface area contributed by atoms with Crippen molar-refractivity contribution in [2.24, 2.45) is 5.92 Å². The second-order valence-electron chi connectivity index (χ2n) is 2.21. The van der Waals surface area contributed by atoms with E-state index in [9.17, 15) is 4.79 Å². The Morgan fingerprint density at radius 2 is 2.20 bits per heavy atom. The summed E-state index contributed by atoms with van der Waals surface area (Å²) in [5, 5.41) is 0. The Bertz CT molecular complexity index is 104. The van der Waals surface area contributed by atoms with Crippen LogP contribution in [0.2, 0.25) is 0 Å². The first-order valence-electron chi connectivity index (χ1n) is 3.64. The predicted molar refractivity (Wildman–Crippen MR) is 39.2 cm³/mol. The third-order valence-electron chi connectivity index (χ3n) is 1.38. The first-order chi connectivity index (χ1) is 4.72. The van der Waals surface area contributed by atoms with Gasteiger partial charge in [0.1, 0.15) is 0 Å². The second kappa shape index (κ2) is 5.23. The van der Waals surface area contributed by atoms with Crippen molar-refractivity contribution in [2.45, 2.75) is 27.2 Å². The molecule has 0 spiro atoms. The number of amides is 1. The van der Waals surface area contributed by atoms with Crippen LogP contribution in [-0.4, -0.2) is 12.5 Å². The van der Waals surface area contributed by atoms with Gasteiger partial charge in [0.15, 0.2) is 0 Å². The van der Waals surface area contributed by atoms with Gasteiger partial charge in [-0.25, -0.2) is 5.48 Å². The SMILES string of the molecule is CCONC(=O)C(C)CC. The number of hydroxylamine groups is 1. The van der Waals surface area contributed by atoms with Crippen molar-refractivity contribution in [3.63, 3.8) is 0 Å². The molecule has 60 valence electrons. The summed E-state index contributed by atoms with van der Waals surface area (Å²) in [6.45, 7) is 6.18. The molecule has 0 aliphatic heterocycles. The highest BCUT2D eigenvalue weighted by Crippen LogP contribution is 1.98. The van der Waals surface area contributed by atoms with Crippen molar-refractivity contribution in [1.82, 2.24) is 5.48 Å². The smallest absolute Gasteiger partial charge is 0.246 e. The molecule has 0 bridgehead atoms. The molecule has 1 unspecified atom stereocenters. The van der Waals surface area contributed by atoms with Crippen LogP contribution in [0.1, 0.15) is 27.2 Å². The largest absolute Gasteiger partial charge is 0.274 e. The minimum absolute atomic E-state index is 0.0376. The zero-order chi connectivity index (χ0) is 7.98. The monoisotopic (exact) mass is 145 g/mol. The van der Waals surface area contributed by atoms with E-state index in [2.05, 4.69) is 5.48 Å². The van der Waals surface area contributed by atoms with Crippen LogP contribution in [0.5, 0.6) is 0 Å². The Kier molecular flexibility index (Phi) is 4.94. The molecule has 1 amide bonds. The average Bonchev–Trinajstić information content (AvgIpc) is 1.98. The van der Waals surface area contributed by atoms with Gasteiger partial charge in [-0.3, -0.25) is 9.63 Å². The summed E-state index contributed by atoms with van der Waals surface area (Å²) in [5.74, 6) is 0.0101. The van der Waals surface area contributed by atoms with Crippen LogP contribution >= 0.6 is 0 Å². The third kappa shape index (κ3) is 3.45. The van der Waals surface area contributed by atoms with E-state index in [-0.39, 0.29) is 11.8 Å². The fraction of sp³-hybridized carbons (Fsp3) is 0.857. The number of carbonyl (C=O) groups is 1. The molecule has 0 radical (unpaired) electrons. The maximum Gasteiger partial charge on any atom is 0.246 e. The lowest BCUT2D eigenvalue weighted by Crippen LogP contribution is -2.28. The molecular weight excluding hydrogens is 130 g/mol. The Hall–Kier alpha value is -0.570. The normalized spacial score (nSPS) is 12.7. The molecule has 0 aliphatic carbocycles. The second-order valence-corrected chi connectivity index (χ2v) is 2.21. The van der Waals surface area contributed by atoms with Crippen molar-refractivity contribution in [3.8, 4) is 0 Å². The maximum atomic E-state index is 10.9. The molecule has 3 nitrogen and oxygen atoms in total. The van der Waals surface area contributed by atoms with Crippen LogP contribution in [0.15, 0.2) is 0 Å². The van der Waals surface area contributed by atoms with E-state index in [1.165, 1.54) is 0 Å². The third-order valence-corrected chi connectivity index (χ3v) is 1.38. The highest BCUT2D eigenvalue weighted by Gasteiger charge is 2.08. The standard InChI is InChI=1S/C7H15NO2/c1-4-6(3)7(9)8-10-5-2/h6H,4-5H2,1-3H3,(H,8,9). The zero-order valence-electron chi connectivity index (χ0n) is 6.81. The van der Waals surface area contributed by atoms with Crippen molar-refractivity contribution in [1.29, 1.82) is 0 Å². The van der Waals surface area contributed by atoms with Crippen LogP contribution in [0, 0.1) is 5.92 Å². The molecule has 0 aliphatic rings. The van der Waals surface area contributed by atoms with Gasteiger partial charge < -0.3 is 0 Å². The van der Waals surface area contributed by atoms with Crippen molar-refractivity contribution in [2.75, 3.05) is 6.61 Å². The number of carbonyl (C=O) groups excluding carboxylic acids is 1. The molecule has 0 aromatic carbocycles. The number of hydrogen-bond acceptors (Lipinski definition) is 2. The van der Waals surface area contributed by atoms with Crippen LogP contribution < -0.4 is 5.48 Å². The minimum Gasteiger partial charge on any atom is -0.274 e. The van der Waals surface area contributed by atoms with E-state index in [1.807, 2.05) is 20.8 Å². The molecule has 1 N–H and O–H groups in total. The molecule has 0 heterocycles. The summed E-state index contributed by atoms with van der Waals surface area (Å²) >= 11 is 0. The summed E-state index contributed by atoms with van der Waals surface area (Å²) < 4.78 is 0. The Morgan fingerprint density at radius 3 is 2.60 bits per heavy atom. The molecule has 0 aromatic heterocycles. The Morgan fingerprint density at radius 1 is 1.60 bits per heavy atom. The summed E-state index contributed by atoms with van der Waals surface area (Å²) in [5.41, 5.74) is 2.34. The van der Waals surface area contributed by atoms with Gasteiger partial charge in [0.05, 0.1) is 6.61 Å². The zero-order valence-corrected chi connectivity index (χ0v) is 6.81. The molecule has 10 heavy (non-hydrogen) atoms. The van der Waals surface area contributed by atoms with Gasteiger partial charge in [0.2, 0.25) is 5.91 Å². The molecule has 0 fully saturated rings. The molecule has 0 rings (SSSR count). The van der Waals surface area contributed by atoms with E-state index in [1.54, 1.807) is 0 Å². The molecular formula is C7H15NO2. The van der Waals surface area contributed by atoms with Gasteiger partial charge in [-0.15, -0.1) is 0 Å². The van der Waals surface area contributed by atoms with Crippen molar-refractivity contribution in [3.05, 3.63) is 0 Å². The number of nitrogens with one attached hydrogen (secondary N) is 1. The van der Waals surface area contributed by atoms with Gasteiger partial charge in [0, 0.05) is 5.92 Å². The Labute approximate surface area is 61.7 Å². The van der Waals surface area contributed by atoms with Crippen LogP contribution in [-0.2, 0) is 9.63 Å². The topological polar surface area (TPSA) is 38.3 Å². The van der Waals surface area contributed by atoms with E-state index < -0.39 is 0 Å². The highest BCUT2D eigenvalue weighted by atomic mass is 16.6. The molecule has 3 heteroatoms. The molecule has 0 aromatic rings.